The van der Waals surface area contributed by atoms with Crippen LogP contribution in [-0.2, 0) is 9.53 Å². The SMILES string of the molecule is CCCNC(C)(CC(C)N1CCC(OC)CC1)C(=O)O. The van der Waals surface area contributed by atoms with E-state index in [9.17, 15) is 9.90 Å². The molecule has 0 aromatic carbocycles. The second-order valence-corrected chi connectivity index (χ2v) is 6.09. The van der Waals surface area contributed by atoms with Crippen LogP contribution in [0.1, 0.15) is 46.5 Å². The molecule has 20 heavy (non-hydrogen) atoms. The van der Waals surface area contributed by atoms with Crippen LogP contribution in [0.5, 0.6) is 0 Å². The first-order valence-corrected chi connectivity index (χ1v) is 7.68. The number of carboxylic acids is 1. The average Bonchev–Trinajstić information content (AvgIpc) is 2.45. The summed E-state index contributed by atoms with van der Waals surface area (Å²) in [6.45, 7) is 8.69. The standard InChI is InChI=1S/C15H30N2O3/c1-5-8-16-15(3,14(18)19)11-12(2)17-9-6-13(20-4)7-10-17/h12-13,16H,5-11H2,1-4H3,(H,18,19). The minimum atomic E-state index is -0.840. The topological polar surface area (TPSA) is 61.8 Å². The molecule has 1 rings (SSSR count). The van der Waals surface area contributed by atoms with Gasteiger partial charge in [0.15, 0.2) is 0 Å². The molecule has 5 nitrogen and oxygen atoms in total. The molecule has 2 atom stereocenters. The Morgan fingerprint density at radius 1 is 1.50 bits per heavy atom. The lowest BCUT2D eigenvalue weighted by molar-refractivity contribution is -0.145. The Morgan fingerprint density at radius 2 is 2.10 bits per heavy atom. The van der Waals surface area contributed by atoms with Crippen molar-refractivity contribution in [2.45, 2.75) is 64.1 Å². The van der Waals surface area contributed by atoms with Gasteiger partial charge < -0.3 is 20.1 Å². The first-order valence-electron chi connectivity index (χ1n) is 7.68. The Balaban J connectivity index is 2.53. The molecule has 2 N–H and O–H groups in total. The molecule has 5 heteroatoms. The van der Waals surface area contributed by atoms with E-state index in [4.69, 9.17) is 4.74 Å². The number of piperidine rings is 1. The van der Waals surface area contributed by atoms with Crippen LogP contribution >= 0.6 is 0 Å². The molecule has 0 aromatic rings. The van der Waals surface area contributed by atoms with Crippen molar-refractivity contribution in [3.63, 3.8) is 0 Å². The van der Waals surface area contributed by atoms with Gasteiger partial charge in [-0.3, -0.25) is 4.79 Å². The van der Waals surface area contributed by atoms with Gasteiger partial charge in [-0.1, -0.05) is 6.92 Å². The van der Waals surface area contributed by atoms with Crippen molar-refractivity contribution in [3.8, 4) is 0 Å². The number of ether oxygens (including phenoxy) is 1. The Labute approximate surface area is 122 Å². The molecular weight excluding hydrogens is 256 g/mol. The van der Waals surface area contributed by atoms with Crippen molar-refractivity contribution in [1.29, 1.82) is 0 Å². The van der Waals surface area contributed by atoms with Gasteiger partial charge in [0.25, 0.3) is 0 Å². The average molecular weight is 286 g/mol. The van der Waals surface area contributed by atoms with Gasteiger partial charge in [-0.2, -0.15) is 0 Å². The monoisotopic (exact) mass is 286 g/mol. The second-order valence-electron chi connectivity index (χ2n) is 6.09. The summed E-state index contributed by atoms with van der Waals surface area (Å²) < 4.78 is 5.38. The third-order valence-corrected chi connectivity index (χ3v) is 4.37. The molecule has 0 spiro atoms. The summed E-state index contributed by atoms with van der Waals surface area (Å²) in [7, 11) is 1.76. The summed E-state index contributed by atoms with van der Waals surface area (Å²) in [6, 6.07) is 0.262. The number of methoxy groups -OCH3 is 1. The highest BCUT2D eigenvalue weighted by Crippen LogP contribution is 2.21. The number of hydrogen-bond acceptors (Lipinski definition) is 4. The third-order valence-electron chi connectivity index (χ3n) is 4.37. The van der Waals surface area contributed by atoms with Crippen LogP contribution in [0.3, 0.4) is 0 Å². The molecule has 0 amide bonds. The first-order chi connectivity index (χ1) is 9.42. The zero-order valence-electron chi connectivity index (χ0n) is 13.3. The molecular formula is C15H30N2O3. The van der Waals surface area contributed by atoms with E-state index in [0.717, 1.165) is 38.9 Å². The fraction of sp³-hybridized carbons (Fsp3) is 0.933. The highest BCUT2D eigenvalue weighted by Gasteiger charge is 2.36. The van der Waals surface area contributed by atoms with Gasteiger partial charge in [0, 0.05) is 26.2 Å². The number of nitrogens with one attached hydrogen (secondary N) is 1. The lowest BCUT2D eigenvalue weighted by Gasteiger charge is -2.39. The van der Waals surface area contributed by atoms with Crippen molar-refractivity contribution in [2.24, 2.45) is 0 Å². The summed E-state index contributed by atoms with van der Waals surface area (Å²) in [4.78, 5) is 13.9. The quantitative estimate of drug-likeness (QED) is 0.711. The summed E-state index contributed by atoms with van der Waals surface area (Å²) in [5.41, 5.74) is -0.840. The first kappa shape index (κ1) is 17.4. The van der Waals surface area contributed by atoms with Gasteiger partial charge in [0.1, 0.15) is 5.54 Å². The maximum atomic E-state index is 11.5. The number of likely N-dealkylation sites (tertiary alicyclic amines) is 1. The molecule has 0 bridgehead atoms. The van der Waals surface area contributed by atoms with Gasteiger partial charge in [-0.25, -0.2) is 0 Å². The summed E-state index contributed by atoms with van der Waals surface area (Å²) in [5.74, 6) is -0.760. The predicted octanol–water partition coefficient (Wildman–Crippen LogP) is 1.72. The number of carbonyl (C=O) groups is 1. The van der Waals surface area contributed by atoms with Gasteiger partial charge >= 0.3 is 5.97 Å². The molecule has 1 aliphatic rings. The van der Waals surface area contributed by atoms with Crippen LogP contribution in [0.4, 0.5) is 0 Å². The number of hydrogen-bond donors (Lipinski definition) is 2. The summed E-state index contributed by atoms with van der Waals surface area (Å²) in [6.07, 6.45) is 4.00. The molecule has 118 valence electrons. The van der Waals surface area contributed by atoms with Crippen molar-refractivity contribution in [1.82, 2.24) is 10.2 Å². The minimum Gasteiger partial charge on any atom is -0.480 e. The predicted molar refractivity (Wildman–Crippen MR) is 80.0 cm³/mol. The zero-order chi connectivity index (χ0) is 15.2. The molecule has 0 aromatic heterocycles. The van der Waals surface area contributed by atoms with E-state index in [0.29, 0.717) is 12.5 Å². The van der Waals surface area contributed by atoms with Crippen LogP contribution in [0.15, 0.2) is 0 Å². The fourth-order valence-corrected chi connectivity index (χ4v) is 2.91. The van der Waals surface area contributed by atoms with E-state index < -0.39 is 11.5 Å². The van der Waals surface area contributed by atoms with Gasteiger partial charge in [-0.05, 0) is 46.1 Å². The molecule has 0 aliphatic carbocycles. The normalized spacial score (nSPS) is 22.4. The largest absolute Gasteiger partial charge is 0.480 e. The van der Waals surface area contributed by atoms with Crippen LogP contribution in [0.2, 0.25) is 0 Å². The second kappa shape index (κ2) is 7.96. The van der Waals surface area contributed by atoms with Crippen LogP contribution in [0.25, 0.3) is 0 Å². The Morgan fingerprint density at radius 3 is 2.55 bits per heavy atom. The van der Waals surface area contributed by atoms with Crippen molar-refractivity contribution in [3.05, 3.63) is 0 Å². The Bertz CT molecular complexity index is 303. The van der Waals surface area contributed by atoms with Crippen molar-refractivity contribution < 1.29 is 14.6 Å². The number of rotatable bonds is 8. The maximum absolute atomic E-state index is 11.5. The lowest BCUT2D eigenvalue weighted by atomic mass is 9.91. The van der Waals surface area contributed by atoms with Crippen molar-refractivity contribution in [2.75, 3.05) is 26.7 Å². The van der Waals surface area contributed by atoms with E-state index >= 15 is 0 Å². The third kappa shape index (κ3) is 4.72. The van der Waals surface area contributed by atoms with Gasteiger partial charge in [0.2, 0.25) is 0 Å². The number of carboxylic acid groups (broad SMARTS) is 1. The number of nitrogens with zero attached hydrogens (tertiary/aromatic N) is 1. The van der Waals surface area contributed by atoms with Crippen LogP contribution in [0, 0.1) is 0 Å². The lowest BCUT2D eigenvalue weighted by Crippen LogP contribution is -2.54. The van der Waals surface area contributed by atoms with Crippen LogP contribution in [-0.4, -0.2) is 60.4 Å². The molecule has 0 saturated carbocycles. The highest BCUT2D eigenvalue weighted by atomic mass is 16.5. The van der Waals surface area contributed by atoms with Crippen LogP contribution < -0.4 is 5.32 Å². The highest BCUT2D eigenvalue weighted by molar-refractivity contribution is 5.78. The summed E-state index contributed by atoms with van der Waals surface area (Å²) >= 11 is 0. The smallest absolute Gasteiger partial charge is 0.323 e. The van der Waals surface area contributed by atoms with E-state index in [2.05, 4.69) is 17.1 Å². The minimum absolute atomic E-state index is 0.262. The van der Waals surface area contributed by atoms with E-state index in [1.807, 2.05) is 6.92 Å². The maximum Gasteiger partial charge on any atom is 0.323 e. The van der Waals surface area contributed by atoms with E-state index in [1.54, 1.807) is 14.0 Å². The Hall–Kier alpha value is -0.650. The molecule has 0 radical (unpaired) electrons. The Kier molecular flexibility index (Phi) is 6.92. The van der Waals surface area contributed by atoms with E-state index in [1.165, 1.54) is 0 Å². The zero-order valence-corrected chi connectivity index (χ0v) is 13.3. The molecule has 1 fully saturated rings. The summed E-state index contributed by atoms with van der Waals surface area (Å²) in [5, 5.41) is 12.7. The van der Waals surface area contributed by atoms with Gasteiger partial charge in [-0.15, -0.1) is 0 Å². The van der Waals surface area contributed by atoms with Gasteiger partial charge in [0.05, 0.1) is 6.10 Å². The molecule has 1 heterocycles. The molecule has 1 aliphatic heterocycles. The van der Waals surface area contributed by atoms with E-state index in [-0.39, 0.29) is 6.04 Å². The number of aliphatic carboxylic acids is 1. The molecule has 1 saturated heterocycles. The fourth-order valence-electron chi connectivity index (χ4n) is 2.91. The van der Waals surface area contributed by atoms with Crippen molar-refractivity contribution >= 4 is 5.97 Å². The molecule has 2 unspecified atom stereocenters.